The number of benzene rings is 3. The monoisotopic (exact) mass is 459 g/mol. The highest BCUT2D eigenvalue weighted by Crippen LogP contribution is 2.22. The molecule has 0 aromatic heterocycles. The lowest BCUT2D eigenvalue weighted by Crippen LogP contribution is -2.16. The number of aryl methyl sites for hydroxylation is 1. The van der Waals surface area contributed by atoms with E-state index in [-0.39, 0.29) is 23.9 Å². The van der Waals surface area contributed by atoms with Gasteiger partial charge >= 0.3 is 0 Å². The van der Waals surface area contributed by atoms with Gasteiger partial charge in [0.25, 0.3) is 0 Å². The summed E-state index contributed by atoms with van der Waals surface area (Å²) in [5, 5.41) is 12.1. The van der Waals surface area contributed by atoms with Gasteiger partial charge in [-0.1, -0.05) is 101 Å². The summed E-state index contributed by atoms with van der Waals surface area (Å²) in [7, 11) is 0. The Kier molecular flexibility index (Phi) is 11.6. The second-order valence-electron chi connectivity index (χ2n) is 8.38. The van der Waals surface area contributed by atoms with Crippen molar-refractivity contribution in [3.05, 3.63) is 83.9 Å². The van der Waals surface area contributed by atoms with E-state index in [1.54, 1.807) is 24.3 Å². The van der Waals surface area contributed by atoms with Crippen LogP contribution in [0.1, 0.15) is 75.2 Å². The zero-order valence-electron chi connectivity index (χ0n) is 20.6. The number of amides is 1. The van der Waals surface area contributed by atoms with Crippen LogP contribution in [-0.4, -0.2) is 16.8 Å². The molecular weight excluding hydrogens is 422 g/mol. The van der Waals surface area contributed by atoms with E-state index in [1.807, 2.05) is 48.5 Å². The molecule has 3 aromatic rings. The number of phenolic OH excluding ortho intramolecular Hbond substituents is 1. The van der Waals surface area contributed by atoms with Crippen LogP contribution in [0.2, 0.25) is 0 Å². The predicted octanol–water partition coefficient (Wildman–Crippen LogP) is 7.81. The normalized spacial score (nSPS) is 10.2. The van der Waals surface area contributed by atoms with Gasteiger partial charge < -0.3 is 10.4 Å². The molecule has 3 rings (SSSR count). The average Bonchev–Trinajstić information content (AvgIpc) is 2.86. The van der Waals surface area contributed by atoms with Crippen LogP contribution < -0.4 is 5.32 Å². The third-order valence-electron chi connectivity index (χ3n) is 5.58. The van der Waals surface area contributed by atoms with Crippen molar-refractivity contribution in [2.45, 2.75) is 65.7 Å². The second kappa shape index (κ2) is 14.7. The molecule has 0 unspecified atom stereocenters. The maximum atomic E-state index is 12.3. The summed E-state index contributed by atoms with van der Waals surface area (Å²) in [6.45, 7) is 6.56. The van der Waals surface area contributed by atoms with Crippen molar-refractivity contribution in [2.24, 2.45) is 0 Å². The van der Waals surface area contributed by atoms with E-state index in [4.69, 9.17) is 0 Å². The van der Waals surface area contributed by atoms with Gasteiger partial charge in [-0.15, -0.1) is 0 Å². The lowest BCUT2D eigenvalue weighted by atomic mass is 10.0. The Labute approximate surface area is 204 Å². The molecule has 0 heterocycles. The molecule has 0 aliphatic rings. The van der Waals surface area contributed by atoms with Crippen molar-refractivity contribution in [3.8, 4) is 16.9 Å². The van der Waals surface area contributed by atoms with Gasteiger partial charge in [0, 0.05) is 11.3 Å². The Hall–Kier alpha value is -3.40. The van der Waals surface area contributed by atoms with Crippen LogP contribution in [0.3, 0.4) is 0 Å². The van der Waals surface area contributed by atoms with Crippen LogP contribution in [-0.2, 0) is 11.2 Å². The van der Waals surface area contributed by atoms with Crippen molar-refractivity contribution < 1.29 is 14.7 Å². The van der Waals surface area contributed by atoms with E-state index in [0.29, 0.717) is 11.3 Å². The number of ketones is 1. The molecule has 4 heteroatoms. The number of aromatic hydroxyl groups is 1. The quantitative estimate of drug-likeness (QED) is 0.185. The third-order valence-corrected chi connectivity index (χ3v) is 5.58. The summed E-state index contributed by atoms with van der Waals surface area (Å²) < 4.78 is 0. The summed E-state index contributed by atoms with van der Waals surface area (Å²) in [6.07, 6.45) is 7.75. The molecule has 0 radical (unpaired) electrons. The molecule has 3 aromatic carbocycles. The molecule has 180 valence electrons. The van der Waals surface area contributed by atoms with Gasteiger partial charge in [-0.05, 0) is 47.4 Å². The first-order valence-electron chi connectivity index (χ1n) is 12.3. The minimum absolute atomic E-state index is 0.200. The Bertz CT molecular complexity index is 1000. The van der Waals surface area contributed by atoms with Gasteiger partial charge in [-0.3, -0.25) is 9.59 Å². The summed E-state index contributed by atoms with van der Waals surface area (Å²) in [5.74, 6) is -0.345. The molecule has 0 spiro atoms. The van der Waals surface area contributed by atoms with E-state index in [0.717, 1.165) is 17.5 Å². The lowest BCUT2D eigenvalue weighted by molar-refractivity contribution is -0.115. The van der Waals surface area contributed by atoms with E-state index >= 15 is 0 Å². The molecule has 0 saturated carbocycles. The number of hydrogen-bond acceptors (Lipinski definition) is 3. The Balaban J connectivity index is 0.000000509. The molecule has 4 nitrogen and oxygen atoms in total. The van der Waals surface area contributed by atoms with Gasteiger partial charge in [0.05, 0.1) is 6.42 Å². The number of carbonyl (C=O) groups is 2. The Morgan fingerprint density at radius 2 is 1.24 bits per heavy atom. The van der Waals surface area contributed by atoms with E-state index in [1.165, 1.54) is 37.7 Å². The topological polar surface area (TPSA) is 66.4 Å². The lowest BCUT2D eigenvalue weighted by Gasteiger charge is -2.07. The number of anilines is 1. The van der Waals surface area contributed by atoms with Crippen molar-refractivity contribution in [1.29, 1.82) is 0 Å². The van der Waals surface area contributed by atoms with E-state index in [2.05, 4.69) is 26.1 Å². The summed E-state index contributed by atoms with van der Waals surface area (Å²) in [6, 6.07) is 21.5. The predicted molar refractivity (Wildman–Crippen MR) is 141 cm³/mol. The average molecular weight is 460 g/mol. The number of carbonyl (C=O) groups excluding carboxylic acids is 2. The second-order valence-corrected chi connectivity index (χ2v) is 8.38. The van der Waals surface area contributed by atoms with Crippen molar-refractivity contribution >= 4 is 17.4 Å². The van der Waals surface area contributed by atoms with Gasteiger partial charge in [0.1, 0.15) is 5.75 Å². The van der Waals surface area contributed by atoms with Crippen LogP contribution in [0.15, 0.2) is 72.8 Å². The molecule has 0 saturated heterocycles. The minimum Gasteiger partial charge on any atom is -0.508 e. The molecule has 2 N–H and O–H groups in total. The first kappa shape index (κ1) is 26.8. The van der Waals surface area contributed by atoms with Gasteiger partial charge in [0.2, 0.25) is 5.91 Å². The van der Waals surface area contributed by atoms with Crippen LogP contribution in [0.4, 0.5) is 5.69 Å². The molecule has 0 atom stereocenters. The van der Waals surface area contributed by atoms with Crippen molar-refractivity contribution in [3.63, 3.8) is 0 Å². The number of hydrogen-bond donors (Lipinski definition) is 2. The molecule has 1 amide bonds. The SMILES string of the molecule is CCCCCCC.CCc1ccc(NC(=O)CC(=O)c2ccc(-c3ccc(O)cc3)cc2)cc1. The molecule has 0 aliphatic carbocycles. The fourth-order valence-electron chi connectivity index (χ4n) is 3.46. The zero-order chi connectivity index (χ0) is 24.8. The summed E-state index contributed by atoms with van der Waals surface area (Å²) >= 11 is 0. The number of phenols is 1. The highest BCUT2D eigenvalue weighted by atomic mass is 16.3. The number of rotatable bonds is 10. The molecule has 34 heavy (non-hydrogen) atoms. The highest BCUT2D eigenvalue weighted by molar-refractivity contribution is 6.11. The fourth-order valence-corrected chi connectivity index (χ4v) is 3.46. The minimum atomic E-state index is -0.327. The van der Waals surface area contributed by atoms with Crippen molar-refractivity contribution in [1.82, 2.24) is 0 Å². The van der Waals surface area contributed by atoms with Crippen LogP contribution in [0.25, 0.3) is 11.1 Å². The maximum absolute atomic E-state index is 12.3. The Morgan fingerprint density at radius 3 is 1.74 bits per heavy atom. The molecular formula is C30H37NO3. The van der Waals surface area contributed by atoms with Crippen LogP contribution in [0.5, 0.6) is 5.75 Å². The summed E-state index contributed by atoms with van der Waals surface area (Å²) in [5.41, 5.74) is 4.26. The standard InChI is InChI=1S/C23H21NO3.C7H16/c1-2-16-3-11-20(12-4-16)24-23(27)15-22(26)19-7-5-17(6-8-19)18-9-13-21(25)14-10-18;1-3-5-7-6-4-2/h3-14,25H,2,15H2,1H3,(H,24,27);3-7H2,1-2H3. The third kappa shape index (κ3) is 9.22. The first-order chi connectivity index (χ1) is 16.5. The van der Waals surface area contributed by atoms with Crippen molar-refractivity contribution in [2.75, 3.05) is 5.32 Å². The smallest absolute Gasteiger partial charge is 0.232 e. The van der Waals surface area contributed by atoms with Crippen LogP contribution >= 0.6 is 0 Å². The number of unbranched alkanes of at least 4 members (excludes halogenated alkanes) is 4. The first-order valence-corrected chi connectivity index (χ1v) is 12.3. The van der Waals surface area contributed by atoms with Gasteiger partial charge in [-0.25, -0.2) is 0 Å². The molecule has 0 aliphatic heterocycles. The largest absolute Gasteiger partial charge is 0.508 e. The van der Waals surface area contributed by atoms with Crippen LogP contribution in [0, 0.1) is 0 Å². The summed E-state index contributed by atoms with van der Waals surface area (Å²) in [4.78, 5) is 24.5. The molecule has 0 bridgehead atoms. The maximum Gasteiger partial charge on any atom is 0.232 e. The van der Waals surface area contributed by atoms with E-state index < -0.39 is 0 Å². The highest BCUT2D eigenvalue weighted by Gasteiger charge is 2.12. The van der Waals surface area contributed by atoms with Gasteiger partial charge in [0.15, 0.2) is 5.78 Å². The zero-order valence-corrected chi connectivity index (χ0v) is 20.6. The number of nitrogens with one attached hydrogen (secondary N) is 1. The molecule has 0 fully saturated rings. The van der Waals surface area contributed by atoms with Gasteiger partial charge in [-0.2, -0.15) is 0 Å². The Morgan fingerprint density at radius 1 is 0.706 bits per heavy atom. The number of Topliss-reactive ketones (excluding diaryl/α,β-unsaturated/α-hetero) is 1. The fraction of sp³-hybridized carbons (Fsp3) is 0.333. The van der Waals surface area contributed by atoms with E-state index in [9.17, 15) is 14.7 Å².